The van der Waals surface area contributed by atoms with Crippen molar-refractivity contribution in [1.29, 1.82) is 0 Å². The number of nitrogens with zero attached hydrogens (tertiary/aromatic N) is 4. The van der Waals surface area contributed by atoms with Gasteiger partial charge >= 0.3 is 0 Å². The Balaban J connectivity index is 1.25. The molecule has 3 heterocycles. The van der Waals surface area contributed by atoms with E-state index in [0.29, 0.717) is 16.7 Å². The Hall–Kier alpha value is -4.85. The molecule has 0 aliphatic carbocycles. The number of carbonyl (C=O) groups excluding carboxylic acids is 2. The van der Waals surface area contributed by atoms with Gasteiger partial charge in [0.05, 0.1) is 11.9 Å². The summed E-state index contributed by atoms with van der Waals surface area (Å²) >= 11 is 0. The number of fused-ring (bicyclic) bond motifs is 1. The van der Waals surface area contributed by atoms with E-state index in [0.717, 1.165) is 11.6 Å². The highest BCUT2D eigenvalue weighted by molar-refractivity contribution is 6.11. The first kappa shape index (κ1) is 26.7. The fourth-order valence-electron chi connectivity index (χ4n) is 4.37. The largest absolute Gasteiger partial charge is 0.504 e. The highest BCUT2D eigenvalue weighted by Gasteiger charge is 2.43. The second-order valence-electron chi connectivity index (χ2n) is 9.28. The number of phenols is 2. The number of anilines is 1. The number of rotatable bonds is 7. The van der Waals surface area contributed by atoms with Crippen molar-refractivity contribution in [2.24, 2.45) is 0 Å². The molecule has 1 saturated heterocycles. The van der Waals surface area contributed by atoms with E-state index in [-0.39, 0.29) is 23.5 Å². The van der Waals surface area contributed by atoms with Crippen molar-refractivity contribution in [3.05, 3.63) is 83.5 Å². The summed E-state index contributed by atoms with van der Waals surface area (Å²) in [6.45, 7) is 1.82. The zero-order chi connectivity index (χ0) is 28.6. The number of hydrogen-bond acceptors (Lipinski definition) is 11. The molecule has 5 rings (SSSR count). The van der Waals surface area contributed by atoms with Crippen molar-refractivity contribution in [3.63, 3.8) is 0 Å². The predicted octanol–water partition coefficient (Wildman–Crippen LogP) is 0.965. The minimum absolute atomic E-state index is 0.0291. The molecule has 0 spiro atoms. The number of aliphatic hydroxyl groups excluding tert-OH is 2. The molecule has 2 aromatic heterocycles. The third-order valence-corrected chi connectivity index (χ3v) is 6.55. The maximum absolute atomic E-state index is 12.8. The molecule has 206 valence electrons. The number of ketones is 1. The van der Waals surface area contributed by atoms with Crippen LogP contribution < -0.4 is 11.1 Å². The van der Waals surface area contributed by atoms with E-state index in [2.05, 4.69) is 20.3 Å². The number of benzene rings is 2. The van der Waals surface area contributed by atoms with Crippen molar-refractivity contribution in [2.75, 3.05) is 12.3 Å². The van der Waals surface area contributed by atoms with E-state index in [4.69, 9.17) is 10.5 Å². The average Bonchev–Trinajstić information content (AvgIpc) is 3.49. The van der Waals surface area contributed by atoms with Gasteiger partial charge in [-0.2, -0.15) is 0 Å². The van der Waals surface area contributed by atoms with Gasteiger partial charge in [-0.3, -0.25) is 14.2 Å². The second-order valence-corrected chi connectivity index (χ2v) is 9.28. The summed E-state index contributed by atoms with van der Waals surface area (Å²) in [5.74, 6) is -2.29. The molecule has 2 aromatic carbocycles. The monoisotopic (exact) mass is 546 g/mol. The Bertz CT molecular complexity index is 1620. The number of nitrogen functional groups attached to an aromatic ring is 1. The van der Waals surface area contributed by atoms with Gasteiger partial charge in [-0.15, -0.1) is 0 Å². The van der Waals surface area contributed by atoms with E-state index in [1.807, 2.05) is 6.92 Å². The lowest BCUT2D eigenvalue weighted by molar-refractivity contribution is -0.0245. The molecule has 1 fully saturated rings. The van der Waals surface area contributed by atoms with Crippen molar-refractivity contribution in [3.8, 4) is 11.5 Å². The molecule has 13 heteroatoms. The van der Waals surface area contributed by atoms with Crippen molar-refractivity contribution in [1.82, 2.24) is 24.8 Å². The number of aromatic hydroxyl groups is 2. The van der Waals surface area contributed by atoms with Gasteiger partial charge in [0.15, 0.2) is 35.0 Å². The lowest BCUT2D eigenvalue weighted by atomic mass is 9.99. The summed E-state index contributed by atoms with van der Waals surface area (Å²) in [4.78, 5) is 37.7. The Morgan fingerprint density at radius 1 is 1.07 bits per heavy atom. The highest BCUT2D eigenvalue weighted by atomic mass is 16.6. The number of aliphatic hydroxyl groups is 2. The van der Waals surface area contributed by atoms with Gasteiger partial charge < -0.3 is 36.2 Å². The molecule has 13 nitrogen and oxygen atoms in total. The molecular weight excluding hydrogens is 520 g/mol. The van der Waals surface area contributed by atoms with Crippen LogP contribution in [0.25, 0.3) is 11.2 Å². The summed E-state index contributed by atoms with van der Waals surface area (Å²) in [5.41, 5.74) is 7.53. The normalized spacial score (nSPS) is 20.8. The number of aryl methyl sites for hydroxylation is 1. The Morgan fingerprint density at radius 2 is 1.82 bits per heavy atom. The van der Waals surface area contributed by atoms with Gasteiger partial charge in [0.25, 0.3) is 5.91 Å². The van der Waals surface area contributed by atoms with Crippen LogP contribution in [0.15, 0.2) is 61.2 Å². The van der Waals surface area contributed by atoms with E-state index >= 15 is 0 Å². The molecule has 40 heavy (non-hydrogen) atoms. The summed E-state index contributed by atoms with van der Waals surface area (Å²) < 4.78 is 7.25. The van der Waals surface area contributed by atoms with Crippen LogP contribution in [-0.2, 0) is 4.74 Å². The first-order valence-corrected chi connectivity index (χ1v) is 12.2. The quantitative estimate of drug-likeness (QED) is 0.109. The smallest absolute Gasteiger partial charge is 0.255 e. The summed E-state index contributed by atoms with van der Waals surface area (Å²) in [6.07, 6.45) is 1.04. The highest BCUT2D eigenvalue weighted by Crippen LogP contribution is 2.33. The average molecular weight is 547 g/mol. The minimum atomic E-state index is -1.31. The Morgan fingerprint density at radius 3 is 2.58 bits per heavy atom. The summed E-state index contributed by atoms with van der Waals surface area (Å²) in [6, 6.07) is 9.09. The number of hydrogen-bond donors (Lipinski definition) is 6. The van der Waals surface area contributed by atoms with Gasteiger partial charge in [0.2, 0.25) is 0 Å². The molecule has 0 bridgehead atoms. The van der Waals surface area contributed by atoms with Gasteiger partial charge in [-0.25, -0.2) is 15.0 Å². The van der Waals surface area contributed by atoms with E-state index in [1.54, 1.807) is 24.3 Å². The van der Waals surface area contributed by atoms with Gasteiger partial charge in [-0.1, -0.05) is 42.0 Å². The number of amides is 1. The van der Waals surface area contributed by atoms with Crippen LogP contribution in [0.4, 0.5) is 5.82 Å². The molecule has 1 amide bonds. The van der Waals surface area contributed by atoms with Crippen LogP contribution in [0.5, 0.6) is 11.5 Å². The molecular formula is C27H26N6O7. The molecule has 1 aliphatic rings. The van der Waals surface area contributed by atoms with E-state index < -0.39 is 47.7 Å². The minimum Gasteiger partial charge on any atom is -0.504 e. The Kier molecular flexibility index (Phi) is 7.17. The van der Waals surface area contributed by atoms with Crippen LogP contribution in [-0.4, -0.2) is 76.5 Å². The fourth-order valence-corrected chi connectivity index (χ4v) is 4.37. The first-order chi connectivity index (χ1) is 19.2. The number of phenolic OH excluding ortho intramolecular Hbond substituents is 2. The molecule has 4 aromatic rings. The van der Waals surface area contributed by atoms with E-state index in [9.17, 15) is 30.0 Å². The molecule has 1 unspecified atom stereocenters. The van der Waals surface area contributed by atoms with Crippen molar-refractivity contribution < 1.29 is 34.8 Å². The lowest BCUT2D eigenvalue weighted by Gasteiger charge is -2.16. The van der Waals surface area contributed by atoms with Crippen molar-refractivity contribution >= 4 is 28.7 Å². The summed E-state index contributed by atoms with van der Waals surface area (Å²) in [5, 5.41) is 44.0. The van der Waals surface area contributed by atoms with Gasteiger partial charge in [0.1, 0.15) is 30.2 Å². The van der Waals surface area contributed by atoms with Crippen LogP contribution in [0, 0.1) is 6.92 Å². The number of ether oxygens (including phenoxy) is 1. The third-order valence-electron chi connectivity index (χ3n) is 6.55. The van der Waals surface area contributed by atoms with Crippen LogP contribution in [0.1, 0.15) is 38.1 Å². The van der Waals surface area contributed by atoms with E-state index in [1.165, 1.54) is 35.4 Å². The number of aromatic nitrogens is 4. The maximum Gasteiger partial charge on any atom is 0.255 e. The molecule has 1 aliphatic heterocycles. The molecule has 7 N–H and O–H groups in total. The topological polar surface area (TPSA) is 206 Å². The Labute approximate surface area is 227 Å². The first-order valence-electron chi connectivity index (χ1n) is 12.2. The molecule has 0 radical (unpaired) electrons. The molecule has 0 saturated carbocycles. The van der Waals surface area contributed by atoms with Gasteiger partial charge in [0, 0.05) is 17.7 Å². The fraction of sp³-hybridized carbons (Fsp3) is 0.222. The maximum atomic E-state index is 12.8. The number of nitrogens with two attached hydrogens (primary N) is 1. The number of carbonyl (C=O) groups is 2. The third kappa shape index (κ3) is 4.96. The van der Waals surface area contributed by atoms with Crippen molar-refractivity contribution in [2.45, 2.75) is 31.5 Å². The second kappa shape index (κ2) is 10.7. The SMILES string of the molecule is Cc1ccc(C(=O)c2cc(O)c(O)c(C(=O)NC/C=C/[C@H]3O[C@@H](n4cnc5c(N)ncnc54)C(O)[C@H]3O)c2)cc1. The lowest BCUT2D eigenvalue weighted by Crippen LogP contribution is -2.31. The number of imidazole rings is 1. The zero-order valence-electron chi connectivity index (χ0n) is 21.2. The van der Waals surface area contributed by atoms with Gasteiger partial charge in [-0.05, 0) is 19.1 Å². The van der Waals surface area contributed by atoms with Crippen LogP contribution in [0.3, 0.4) is 0 Å². The van der Waals surface area contributed by atoms with Crippen LogP contribution in [0.2, 0.25) is 0 Å². The zero-order valence-corrected chi connectivity index (χ0v) is 21.2. The van der Waals surface area contributed by atoms with Crippen LogP contribution >= 0.6 is 0 Å². The number of nitrogens with one attached hydrogen (secondary N) is 1. The summed E-state index contributed by atoms with van der Waals surface area (Å²) in [7, 11) is 0. The predicted molar refractivity (Wildman–Crippen MR) is 142 cm³/mol. The standard InChI is InChI=1S/C27H26N6O7/c1-13-4-6-14(7-5-13)20(35)15-9-16(21(36)17(34)10-15)26(39)29-8-2-3-18-22(37)23(38)27(40-18)33-12-32-19-24(28)30-11-31-25(19)33/h2-7,9-12,18,22-23,27,34,36-38H,8H2,1H3,(H,29,39)(H2,28,30,31)/b3-2+/t18-,22+,23?,27-/m1/s1. The molecule has 4 atom stereocenters.